The van der Waals surface area contributed by atoms with Crippen molar-refractivity contribution in [1.82, 2.24) is 10.3 Å². The molecule has 1 saturated heterocycles. The molecule has 1 N–H and O–H groups in total. The van der Waals surface area contributed by atoms with E-state index in [-0.39, 0.29) is 0 Å². The maximum absolute atomic E-state index is 5.27. The minimum Gasteiger partial charge on any atom is -0.378 e. The molecule has 2 heterocycles. The van der Waals surface area contributed by atoms with Gasteiger partial charge in [-0.2, -0.15) is 0 Å². The van der Waals surface area contributed by atoms with Crippen molar-refractivity contribution in [3.8, 4) is 0 Å². The smallest absolute Gasteiger partial charge is 0.186 e. The zero-order chi connectivity index (χ0) is 13.8. The molecule has 19 heavy (non-hydrogen) atoms. The van der Waals surface area contributed by atoms with Crippen LogP contribution >= 0.6 is 11.3 Å². The first-order valence-corrected chi connectivity index (χ1v) is 7.93. The molecule has 1 aliphatic rings. The molecular weight excluding hydrogens is 258 g/mol. The molecule has 0 aliphatic carbocycles. The number of methoxy groups -OCH3 is 1. The second-order valence-corrected chi connectivity index (χ2v) is 6.29. The lowest BCUT2D eigenvalue weighted by Gasteiger charge is -2.27. The summed E-state index contributed by atoms with van der Waals surface area (Å²) in [6.07, 6.45) is 3.77. The lowest BCUT2D eigenvalue weighted by molar-refractivity contribution is 0.181. The van der Waals surface area contributed by atoms with Crippen molar-refractivity contribution in [3.63, 3.8) is 0 Å². The highest BCUT2D eigenvalue weighted by Gasteiger charge is 2.32. The molecule has 0 saturated carbocycles. The maximum Gasteiger partial charge on any atom is 0.186 e. The van der Waals surface area contributed by atoms with E-state index in [9.17, 15) is 0 Å². The normalized spacial score (nSPS) is 23.3. The molecule has 2 unspecified atom stereocenters. The molecule has 1 aliphatic heterocycles. The number of thiazole rings is 1. The molecule has 1 aromatic heterocycles. The predicted molar refractivity (Wildman–Crippen MR) is 80.8 cm³/mol. The highest BCUT2D eigenvalue weighted by molar-refractivity contribution is 7.15. The number of nitrogens with zero attached hydrogens (tertiary/aromatic N) is 2. The van der Waals surface area contributed by atoms with Crippen LogP contribution in [0.15, 0.2) is 0 Å². The van der Waals surface area contributed by atoms with Crippen LogP contribution in [0.2, 0.25) is 0 Å². The monoisotopic (exact) mass is 283 g/mol. The van der Waals surface area contributed by atoms with Crippen molar-refractivity contribution in [2.75, 3.05) is 19.1 Å². The van der Waals surface area contributed by atoms with Crippen LogP contribution in [0.3, 0.4) is 0 Å². The van der Waals surface area contributed by atoms with Gasteiger partial charge in [-0.1, -0.05) is 6.92 Å². The van der Waals surface area contributed by atoms with E-state index in [1.165, 1.54) is 29.3 Å². The van der Waals surface area contributed by atoms with Gasteiger partial charge in [0.1, 0.15) is 0 Å². The molecule has 0 radical (unpaired) electrons. The van der Waals surface area contributed by atoms with Gasteiger partial charge in [0, 0.05) is 30.6 Å². The molecule has 4 nitrogen and oxygen atoms in total. The largest absolute Gasteiger partial charge is 0.378 e. The minimum atomic E-state index is 0.604. The zero-order valence-corrected chi connectivity index (χ0v) is 13.2. The van der Waals surface area contributed by atoms with Gasteiger partial charge in [-0.25, -0.2) is 4.98 Å². The topological polar surface area (TPSA) is 37.4 Å². The third-order valence-corrected chi connectivity index (χ3v) is 4.97. The lowest BCUT2D eigenvalue weighted by atomic mass is 10.2. The van der Waals surface area contributed by atoms with Crippen molar-refractivity contribution in [1.29, 1.82) is 0 Å². The standard InChI is InChI=1S/C14H25N3OS/c1-5-11-7-6-10(2)17(11)14-16-12(9-18-4)13(19-14)8-15-3/h10-11,15H,5-9H2,1-4H3. The molecule has 1 aromatic rings. The molecule has 0 aromatic carbocycles. The van der Waals surface area contributed by atoms with Crippen LogP contribution in [0.5, 0.6) is 0 Å². The van der Waals surface area contributed by atoms with E-state index in [0.29, 0.717) is 18.7 Å². The first kappa shape index (κ1) is 14.8. The lowest BCUT2D eigenvalue weighted by Crippen LogP contribution is -2.33. The number of ether oxygens (including phenoxy) is 1. The molecular formula is C14H25N3OS. The fraction of sp³-hybridized carbons (Fsp3) is 0.786. The van der Waals surface area contributed by atoms with Crippen LogP contribution in [-0.4, -0.2) is 31.2 Å². The first-order valence-electron chi connectivity index (χ1n) is 7.11. The Kier molecular flexibility index (Phi) is 5.19. The second-order valence-electron chi connectivity index (χ2n) is 5.23. The van der Waals surface area contributed by atoms with Crippen LogP contribution in [0.4, 0.5) is 5.13 Å². The molecule has 2 atom stereocenters. The van der Waals surface area contributed by atoms with Gasteiger partial charge >= 0.3 is 0 Å². The van der Waals surface area contributed by atoms with E-state index in [2.05, 4.69) is 24.1 Å². The van der Waals surface area contributed by atoms with Crippen molar-refractivity contribution >= 4 is 16.5 Å². The van der Waals surface area contributed by atoms with Gasteiger partial charge in [-0.3, -0.25) is 0 Å². The van der Waals surface area contributed by atoms with Crippen LogP contribution in [0, 0.1) is 0 Å². The summed E-state index contributed by atoms with van der Waals surface area (Å²) in [6, 6.07) is 1.26. The van der Waals surface area contributed by atoms with Gasteiger partial charge in [-0.15, -0.1) is 11.3 Å². The van der Waals surface area contributed by atoms with E-state index in [4.69, 9.17) is 9.72 Å². The van der Waals surface area contributed by atoms with Crippen molar-refractivity contribution in [3.05, 3.63) is 10.6 Å². The Morgan fingerprint density at radius 1 is 1.47 bits per heavy atom. The summed E-state index contributed by atoms with van der Waals surface area (Å²) < 4.78 is 5.27. The fourth-order valence-electron chi connectivity index (χ4n) is 2.85. The van der Waals surface area contributed by atoms with Crippen LogP contribution in [0.1, 0.15) is 43.7 Å². The number of anilines is 1. The average Bonchev–Trinajstić information content (AvgIpc) is 2.94. The van der Waals surface area contributed by atoms with Crippen molar-refractivity contribution in [2.24, 2.45) is 0 Å². The first-order chi connectivity index (χ1) is 9.21. The van der Waals surface area contributed by atoms with Gasteiger partial charge in [0.05, 0.1) is 12.3 Å². The molecule has 2 rings (SSSR count). The quantitative estimate of drug-likeness (QED) is 0.871. The number of nitrogens with one attached hydrogen (secondary N) is 1. The molecule has 108 valence electrons. The minimum absolute atomic E-state index is 0.604. The Balaban J connectivity index is 2.25. The summed E-state index contributed by atoms with van der Waals surface area (Å²) in [4.78, 5) is 8.64. The van der Waals surface area contributed by atoms with Gasteiger partial charge in [-0.05, 0) is 33.2 Å². The van der Waals surface area contributed by atoms with Crippen molar-refractivity contribution in [2.45, 2.75) is 58.3 Å². The third-order valence-electron chi connectivity index (χ3n) is 3.86. The Morgan fingerprint density at radius 3 is 2.89 bits per heavy atom. The summed E-state index contributed by atoms with van der Waals surface area (Å²) in [7, 11) is 3.71. The van der Waals surface area contributed by atoms with Crippen LogP contribution in [0.25, 0.3) is 0 Å². The van der Waals surface area contributed by atoms with Crippen molar-refractivity contribution < 1.29 is 4.74 Å². The van der Waals surface area contributed by atoms with E-state index in [0.717, 1.165) is 12.2 Å². The van der Waals surface area contributed by atoms with Gasteiger partial charge in [0.25, 0.3) is 0 Å². The van der Waals surface area contributed by atoms with E-state index in [1.54, 1.807) is 7.11 Å². The van der Waals surface area contributed by atoms with Gasteiger partial charge < -0.3 is 15.0 Å². The van der Waals surface area contributed by atoms with E-state index < -0.39 is 0 Å². The van der Waals surface area contributed by atoms with E-state index in [1.807, 2.05) is 18.4 Å². The summed E-state index contributed by atoms with van der Waals surface area (Å²) in [5.74, 6) is 0. The summed E-state index contributed by atoms with van der Waals surface area (Å²) >= 11 is 1.82. The summed E-state index contributed by atoms with van der Waals surface area (Å²) in [6.45, 7) is 6.06. The second kappa shape index (κ2) is 6.68. The average molecular weight is 283 g/mol. The summed E-state index contributed by atoms with van der Waals surface area (Å²) in [5.41, 5.74) is 1.09. The Morgan fingerprint density at radius 2 is 2.26 bits per heavy atom. The van der Waals surface area contributed by atoms with E-state index >= 15 is 0 Å². The molecule has 1 fully saturated rings. The Bertz CT molecular complexity index is 384. The third kappa shape index (κ3) is 3.09. The highest BCUT2D eigenvalue weighted by Crippen LogP contribution is 2.36. The molecule has 5 heteroatoms. The highest BCUT2D eigenvalue weighted by atomic mass is 32.1. The predicted octanol–water partition coefficient (Wildman–Crippen LogP) is 2.78. The molecule has 0 spiro atoms. The maximum atomic E-state index is 5.27. The van der Waals surface area contributed by atoms with Gasteiger partial charge in [0.15, 0.2) is 5.13 Å². The summed E-state index contributed by atoms with van der Waals surface area (Å²) in [5, 5.41) is 4.39. The van der Waals surface area contributed by atoms with Gasteiger partial charge in [0.2, 0.25) is 0 Å². The number of aromatic nitrogens is 1. The Hall–Kier alpha value is -0.650. The Labute approximate surface area is 120 Å². The number of rotatable bonds is 6. The van der Waals surface area contributed by atoms with Crippen LogP contribution in [-0.2, 0) is 17.9 Å². The SMILES string of the molecule is CCC1CCC(C)N1c1nc(COC)c(CNC)s1. The zero-order valence-electron chi connectivity index (χ0n) is 12.4. The number of hydrogen-bond acceptors (Lipinski definition) is 5. The molecule has 0 amide bonds. The molecule has 0 bridgehead atoms. The fourth-order valence-corrected chi connectivity index (χ4v) is 4.10. The number of hydrogen-bond donors (Lipinski definition) is 1. The van der Waals surface area contributed by atoms with Crippen LogP contribution < -0.4 is 10.2 Å².